The summed E-state index contributed by atoms with van der Waals surface area (Å²) in [6.45, 7) is 8.15. The van der Waals surface area contributed by atoms with Crippen LogP contribution in [0.3, 0.4) is 0 Å². The molecule has 16 heavy (non-hydrogen) atoms. The number of benzene rings is 1. The van der Waals surface area contributed by atoms with Crippen LogP contribution in [0.15, 0.2) is 18.2 Å². The quantitative estimate of drug-likeness (QED) is 0.801. The lowest BCUT2D eigenvalue weighted by atomic mass is 10.0. The lowest BCUT2D eigenvalue weighted by Crippen LogP contribution is -2.28. The number of hydrogen-bond acceptors (Lipinski definition) is 2. The number of hydrogen-bond donors (Lipinski definition) is 2. The molecule has 2 nitrogen and oxygen atoms in total. The van der Waals surface area contributed by atoms with Crippen LogP contribution >= 0.6 is 0 Å². The highest BCUT2D eigenvalue weighted by molar-refractivity contribution is 5.58. The van der Waals surface area contributed by atoms with Gasteiger partial charge >= 0.3 is 0 Å². The van der Waals surface area contributed by atoms with E-state index in [1.54, 1.807) is 0 Å². The molecule has 2 N–H and O–H groups in total. The average molecular weight is 221 g/mol. The topological polar surface area (TPSA) is 32.3 Å². The highest BCUT2D eigenvalue weighted by atomic mass is 16.3. The number of aliphatic hydroxyl groups is 1. The van der Waals surface area contributed by atoms with Gasteiger partial charge in [-0.3, -0.25) is 0 Å². The normalized spacial score (nSPS) is 14.6. The Morgan fingerprint density at radius 1 is 1.12 bits per heavy atom. The zero-order valence-corrected chi connectivity index (χ0v) is 10.7. The monoisotopic (exact) mass is 221 g/mol. The number of nitrogens with one attached hydrogen (secondary N) is 1. The SMILES string of the molecule is CCc1cccc(CC)c1NC(C)C(C)O. The van der Waals surface area contributed by atoms with Gasteiger partial charge in [-0.05, 0) is 37.8 Å². The van der Waals surface area contributed by atoms with Crippen LogP contribution in [0.4, 0.5) is 5.69 Å². The van der Waals surface area contributed by atoms with Gasteiger partial charge in [0.1, 0.15) is 0 Å². The predicted molar refractivity (Wildman–Crippen MR) is 70.0 cm³/mol. The summed E-state index contributed by atoms with van der Waals surface area (Å²) in [6.07, 6.45) is 1.69. The molecule has 2 unspecified atom stereocenters. The summed E-state index contributed by atoms with van der Waals surface area (Å²) in [5.74, 6) is 0. The number of aliphatic hydroxyl groups excluding tert-OH is 1. The molecule has 0 saturated heterocycles. The van der Waals surface area contributed by atoms with Gasteiger partial charge < -0.3 is 10.4 Å². The molecular formula is C14H23NO. The van der Waals surface area contributed by atoms with Gasteiger partial charge in [0, 0.05) is 11.7 Å². The third-order valence-electron chi connectivity index (χ3n) is 3.09. The Labute approximate surface area is 98.7 Å². The standard InChI is InChI=1S/C14H23NO/c1-5-12-8-7-9-13(6-2)14(12)15-10(3)11(4)16/h7-11,15-16H,5-6H2,1-4H3. The summed E-state index contributed by atoms with van der Waals surface area (Å²) in [5, 5.41) is 13.0. The van der Waals surface area contributed by atoms with E-state index < -0.39 is 0 Å². The third-order valence-corrected chi connectivity index (χ3v) is 3.09. The van der Waals surface area contributed by atoms with Crippen molar-refractivity contribution < 1.29 is 5.11 Å². The largest absolute Gasteiger partial charge is 0.391 e. The molecular weight excluding hydrogens is 198 g/mol. The van der Waals surface area contributed by atoms with E-state index >= 15 is 0 Å². The molecule has 0 aliphatic carbocycles. The number of rotatable bonds is 5. The molecule has 0 saturated carbocycles. The molecule has 0 amide bonds. The van der Waals surface area contributed by atoms with Gasteiger partial charge in [-0.2, -0.15) is 0 Å². The fourth-order valence-corrected chi connectivity index (χ4v) is 1.78. The predicted octanol–water partition coefficient (Wildman–Crippen LogP) is 2.99. The van der Waals surface area contributed by atoms with E-state index in [1.807, 2.05) is 13.8 Å². The fraction of sp³-hybridized carbons (Fsp3) is 0.571. The van der Waals surface area contributed by atoms with E-state index in [0.29, 0.717) is 0 Å². The summed E-state index contributed by atoms with van der Waals surface area (Å²) in [6, 6.07) is 6.49. The minimum atomic E-state index is -0.338. The summed E-state index contributed by atoms with van der Waals surface area (Å²) in [7, 11) is 0. The highest BCUT2D eigenvalue weighted by Gasteiger charge is 2.12. The Bertz CT molecular complexity index is 311. The van der Waals surface area contributed by atoms with Crippen molar-refractivity contribution >= 4 is 5.69 Å². The van der Waals surface area contributed by atoms with Crippen molar-refractivity contribution in [3.63, 3.8) is 0 Å². The lowest BCUT2D eigenvalue weighted by molar-refractivity contribution is 0.178. The van der Waals surface area contributed by atoms with E-state index in [9.17, 15) is 5.11 Å². The van der Waals surface area contributed by atoms with Crippen molar-refractivity contribution in [1.29, 1.82) is 0 Å². The second kappa shape index (κ2) is 5.90. The van der Waals surface area contributed by atoms with Gasteiger partial charge in [0.25, 0.3) is 0 Å². The molecule has 90 valence electrons. The van der Waals surface area contributed by atoms with E-state index in [-0.39, 0.29) is 12.1 Å². The molecule has 2 atom stereocenters. The summed E-state index contributed by atoms with van der Waals surface area (Å²) >= 11 is 0. The van der Waals surface area contributed by atoms with Crippen LogP contribution in [0, 0.1) is 0 Å². The minimum absolute atomic E-state index is 0.0815. The molecule has 1 rings (SSSR count). The first kappa shape index (κ1) is 13.0. The fourth-order valence-electron chi connectivity index (χ4n) is 1.78. The van der Waals surface area contributed by atoms with E-state index in [2.05, 4.69) is 37.4 Å². The summed E-state index contributed by atoms with van der Waals surface area (Å²) < 4.78 is 0. The van der Waals surface area contributed by atoms with E-state index in [4.69, 9.17) is 0 Å². The molecule has 2 heteroatoms. The molecule has 1 aromatic rings. The van der Waals surface area contributed by atoms with Crippen LogP contribution in [0.5, 0.6) is 0 Å². The Hall–Kier alpha value is -1.02. The molecule has 0 aliphatic heterocycles. The Balaban J connectivity index is 2.99. The average Bonchev–Trinajstić information content (AvgIpc) is 2.29. The highest BCUT2D eigenvalue weighted by Crippen LogP contribution is 2.23. The van der Waals surface area contributed by atoms with Crippen molar-refractivity contribution in [2.75, 3.05) is 5.32 Å². The lowest BCUT2D eigenvalue weighted by Gasteiger charge is -2.22. The molecule has 0 heterocycles. The maximum atomic E-state index is 9.55. The first-order valence-electron chi connectivity index (χ1n) is 6.15. The van der Waals surface area contributed by atoms with Gasteiger partial charge in [-0.1, -0.05) is 32.0 Å². The molecule has 1 aromatic carbocycles. The van der Waals surface area contributed by atoms with Crippen molar-refractivity contribution in [1.82, 2.24) is 0 Å². The first-order valence-corrected chi connectivity index (χ1v) is 6.15. The second-order valence-electron chi connectivity index (χ2n) is 4.33. The summed E-state index contributed by atoms with van der Waals surface area (Å²) in [5.41, 5.74) is 3.86. The van der Waals surface area contributed by atoms with E-state index in [1.165, 1.54) is 16.8 Å². The van der Waals surface area contributed by atoms with Crippen LogP contribution in [0.2, 0.25) is 0 Å². The Morgan fingerprint density at radius 3 is 2.00 bits per heavy atom. The van der Waals surface area contributed by atoms with Gasteiger partial charge in [-0.25, -0.2) is 0 Å². The third kappa shape index (κ3) is 2.99. The molecule has 0 bridgehead atoms. The number of aryl methyl sites for hydroxylation is 2. The van der Waals surface area contributed by atoms with Crippen LogP contribution < -0.4 is 5.32 Å². The van der Waals surface area contributed by atoms with E-state index in [0.717, 1.165) is 12.8 Å². The van der Waals surface area contributed by atoms with Crippen molar-refractivity contribution in [3.8, 4) is 0 Å². The smallest absolute Gasteiger partial charge is 0.0710 e. The van der Waals surface area contributed by atoms with Crippen LogP contribution in [-0.4, -0.2) is 17.3 Å². The zero-order chi connectivity index (χ0) is 12.1. The number of para-hydroxylation sites is 1. The Morgan fingerprint density at radius 2 is 1.62 bits per heavy atom. The second-order valence-corrected chi connectivity index (χ2v) is 4.33. The van der Waals surface area contributed by atoms with Crippen LogP contribution in [0.1, 0.15) is 38.8 Å². The molecule has 0 aliphatic rings. The van der Waals surface area contributed by atoms with Crippen LogP contribution in [-0.2, 0) is 12.8 Å². The van der Waals surface area contributed by atoms with Gasteiger partial charge in [-0.15, -0.1) is 0 Å². The molecule has 0 spiro atoms. The van der Waals surface area contributed by atoms with Crippen LogP contribution in [0.25, 0.3) is 0 Å². The maximum absolute atomic E-state index is 9.55. The first-order chi connectivity index (χ1) is 7.60. The summed E-state index contributed by atoms with van der Waals surface area (Å²) in [4.78, 5) is 0. The minimum Gasteiger partial charge on any atom is -0.391 e. The maximum Gasteiger partial charge on any atom is 0.0710 e. The number of anilines is 1. The molecule has 0 aromatic heterocycles. The van der Waals surface area contributed by atoms with Gasteiger partial charge in [0.2, 0.25) is 0 Å². The zero-order valence-electron chi connectivity index (χ0n) is 10.7. The van der Waals surface area contributed by atoms with Crippen molar-refractivity contribution in [2.24, 2.45) is 0 Å². The van der Waals surface area contributed by atoms with Gasteiger partial charge in [0.15, 0.2) is 0 Å². The van der Waals surface area contributed by atoms with Gasteiger partial charge in [0.05, 0.1) is 6.10 Å². The molecule has 0 radical (unpaired) electrons. The van der Waals surface area contributed by atoms with Crippen molar-refractivity contribution in [2.45, 2.75) is 52.7 Å². The van der Waals surface area contributed by atoms with Crippen molar-refractivity contribution in [3.05, 3.63) is 29.3 Å². The Kier molecular flexibility index (Phi) is 4.81. The molecule has 0 fully saturated rings.